The van der Waals surface area contributed by atoms with Gasteiger partial charge in [0.2, 0.25) is 0 Å². The second-order valence-electron chi connectivity index (χ2n) is 3.22. The highest BCUT2D eigenvalue weighted by Gasteiger charge is 2.20. The molecule has 1 rings (SSSR count). The smallest absolute Gasteiger partial charge is 0.193 e. The molecule has 0 aromatic carbocycles. The van der Waals surface area contributed by atoms with Crippen LogP contribution in [0.4, 0.5) is 0 Å². The SMILES string of the molecule is CC(C)(C)c1ncoc1Br. The molecule has 0 radical (unpaired) electrons. The molecule has 0 saturated heterocycles. The van der Waals surface area contributed by atoms with Crippen LogP contribution in [-0.2, 0) is 5.41 Å². The second kappa shape index (κ2) is 2.38. The minimum Gasteiger partial charge on any atom is -0.436 e. The molecule has 0 amide bonds. The highest BCUT2D eigenvalue weighted by atomic mass is 79.9. The van der Waals surface area contributed by atoms with E-state index < -0.39 is 0 Å². The molecule has 1 heterocycles. The van der Waals surface area contributed by atoms with Gasteiger partial charge >= 0.3 is 0 Å². The van der Waals surface area contributed by atoms with Gasteiger partial charge in [-0.05, 0) is 15.9 Å². The van der Waals surface area contributed by atoms with E-state index >= 15 is 0 Å². The Bertz CT molecular complexity index is 224. The van der Waals surface area contributed by atoms with Gasteiger partial charge in [0.25, 0.3) is 0 Å². The quantitative estimate of drug-likeness (QED) is 0.649. The summed E-state index contributed by atoms with van der Waals surface area (Å²) in [6, 6.07) is 0. The fourth-order valence-corrected chi connectivity index (χ4v) is 1.50. The van der Waals surface area contributed by atoms with Crippen molar-refractivity contribution in [3.05, 3.63) is 16.8 Å². The summed E-state index contributed by atoms with van der Waals surface area (Å²) in [7, 11) is 0. The fourth-order valence-electron chi connectivity index (χ4n) is 0.720. The van der Waals surface area contributed by atoms with Crippen molar-refractivity contribution in [2.45, 2.75) is 26.2 Å². The Kier molecular flexibility index (Phi) is 1.86. The van der Waals surface area contributed by atoms with Crippen LogP contribution >= 0.6 is 15.9 Å². The maximum Gasteiger partial charge on any atom is 0.193 e. The summed E-state index contributed by atoms with van der Waals surface area (Å²) in [4.78, 5) is 4.07. The zero-order valence-electron chi connectivity index (χ0n) is 6.31. The van der Waals surface area contributed by atoms with Gasteiger partial charge in [0.05, 0.1) is 5.69 Å². The molecule has 1 aromatic heterocycles. The first-order chi connectivity index (χ1) is 4.52. The van der Waals surface area contributed by atoms with Crippen molar-refractivity contribution < 1.29 is 4.42 Å². The molecule has 1 aromatic rings. The Labute approximate surface area is 68.8 Å². The average molecular weight is 204 g/mol. The lowest BCUT2D eigenvalue weighted by Crippen LogP contribution is -2.11. The molecule has 2 nitrogen and oxygen atoms in total. The van der Waals surface area contributed by atoms with E-state index in [1.54, 1.807) is 0 Å². The van der Waals surface area contributed by atoms with Gasteiger partial charge in [0.1, 0.15) is 0 Å². The summed E-state index contributed by atoms with van der Waals surface area (Å²) in [5, 5.41) is 0. The Morgan fingerprint density at radius 1 is 1.50 bits per heavy atom. The van der Waals surface area contributed by atoms with Crippen LogP contribution in [-0.4, -0.2) is 4.98 Å². The summed E-state index contributed by atoms with van der Waals surface area (Å²) in [5.74, 6) is 0. The summed E-state index contributed by atoms with van der Waals surface area (Å²) >= 11 is 3.27. The molecule has 0 bridgehead atoms. The molecule has 0 atom stereocenters. The Balaban J connectivity index is 3.05. The summed E-state index contributed by atoms with van der Waals surface area (Å²) in [5.41, 5.74) is 1.03. The first kappa shape index (κ1) is 7.79. The van der Waals surface area contributed by atoms with Crippen LogP contribution in [0.15, 0.2) is 15.5 Å². The molecule has 3 heteroatoms. The van der Waals surface area contributed by atoms with Crippen LogP contribution in [0, 0.1) is 0 Å². The zero-order valence-corrected chi connectivity index (χ0v) is 7.90. The van der Waals surface area contributed by atoms with Gasteiger partial charge in [-0.2, -0.15) is 0 Å². The summed E-state index contributed by atoms with van der Waals surface area (Å²) in [6.07, 6.45) is 1.45. The lowest BCUT2D eigenvalue weighted by atomic mass is 9.93. The molecule has 0 aliphatic rings. The van der Waals surface area contributed by atoms with E-state index in [0.717, 1.165) is 10.4 Å². The molecular formula is C7H10BrNO. The highest BCUT2D eigenvalue weighted by molar-refractivity contribution is 9.10. The second-order valence-corrected chi connectivity index (χ2v) is 3.94. The van der Waals surface area contributed by atoms with Crippen LogP contribution in [0.1, 0.15) is 26.5 Å². The maximum atomic E-state index is 5.00. The number of rotatable bonds is 0. The van der Waals surface area contributed by atoms with Crippen molar-refractivity contribution in [2.24, 2.45) is 0 Å². The Morgan fingerprint density at radius 3 is 2.30 bits per heavy atom. The van der Waals surface area contributed by atoms with Gasteiger partial charge in [-0.3, -0.25) is 0 Å². The minimum atomic E-state index is 0.0613. The standard InChI is InChI=1S/C7H10BrNO/c1-7(2,3)5-6(8)10-4-9-5/h4H,1-3H3. The van der Waals surface area contributed by atoms with Gasteiger partial charge in [-0.15, -0.1) is 0 Å². The molecule has 0 saturated carbocycles. The van der Waals surface area contributed by atoms with E-state index in [1.165, 1.54) is 6.39 Å². The van der Waals surface area contributed by atoms with E-state index in [2.05, 4.69) is 41.7 Å². The molecular weight excluding hydrogens is 194 g/mol. The number of hydrogen-bond acceptors (Lipinski definition) is 2. The Hall–Kier alpha value is -0.310. The Morgan fingerprint density at radius 2 is 2.10 bits per heavy atom. The number of nitrogens with zero attached hydrogens (tertiary/aromatic N) is 1. The van der Waals surface area contributed by atoms with Crippen LogP contribution < -0.4 is 0 Å². The predicted octanol–water partition coefficient (Wildman–Crippen LogP) is 2.73. The molecule has 0 aliphatic carbocycles. The molecule has 0 aliphatic heterocycles. The maximum absolute atomic E-state index is 5.00. The average Bonchev–Trinajstić information content (AvgIpc) is 2.11. The molecule has 0 fully saturated rings. The van der Waals surface area contributed by atoms with Crippen molar-refractivity contribution in [1.82, 2.24) is 4.98 Å². The molecule has 10 heavy (non-hydrogen) atoms. The largest absolute Gasteiger partial charge is 0.436 e. The number of halogens is 1. The molecule has 56 valence electrons. The van der Waals surface area contributed by atoms with Crippen LogP contribution in [0.25, 0.3) is 0 Å². The first-order valence-electron chi connectivity index (χ1n) is 3.11. The number of hydrogen-bond donors (Lipinski definition) is 0. The highest BCUT2D eigenvalue weighted by Crippen LogP contribution is 2.27. The van der Waals surface area contributed by atoms with Crippen molar-refractivity contribution in [2.75, 3.05) is 0 Å². The third-order valence-electron chi connectivity index (χ3n) is 1.23. The van der Waals surface area contributed by atoms with Crippen molar-refractivity contribution in [3.8, 4) is 0 Å². The lowest BCUT2D eigenvalue weighted by Gasteiger charge is -2.13. The number of oxazole rings is 1. The third kappa shape index (κ3) is 1.40. The van der Waals surface area contributed by atoms with E-state index in [0.29, 0.717) is 0 Å². The van der Waals surface area contributed by atoms with Gasteiger partial charge in [0.15, 0.2) is 11.1 Å². The summed E-state index contributed by atoms with van der Waals surface area (Å²) in [6.45, 7) is 6.28. The summed E-state index contributed by atoms with van der Waals surface area (Å²) < 4.78 is 5.73. The number of aromatic nitrogens is 1. The lowest BCUT2D eigenvalue weighted by molar-refractivity contribution is 0.512. The van der Waals surface area contributed by atoms with E-state index in [-0.39, 0.29) is 5.41 Å². The van der Waals surface area contributed by atoms with E-state index in [4.69, 9.17) is 4.42 Å². The minimum absolute atomic E-state index is 0.0613. The molecule has 0 spiro atoms. The van der Waals surface area contributed by atoms with Crippen molar-refractivity contribution in [1.29, 1.82) is 0 Å². The van der Waals surface area contributed by atoms with Crippen LogP contribution in [0.3, 0.4) is 0 Å². The predicted molar refractivity (Wildman–Crippen MR) is 42.9 cm³/mol. The van der Waals surface area contributed by atoms with Gasteiger partial charge in [-0.1, -0.05) is 20.8 Å². The first-order valence-corrected chi connectivity index (χ1v) is 3.90. The molecule has 0 N–H and O–H groups in total. The van der Waals surface area contributed by atoms with Crippen molar-refractivity contribution >= 4 is 15.9 Å². The topological polar surface area (TPSA) is 26.0 Å². The van der Waals surface area contributed by atoms with Gasteiger partial charge < -0.3 is 4.42 Å². The zero-order chi connectivity index (χ0) is 7.78. The van der Waals surface area contributed by atoms with Crippen LogP contribution in [0.5, 0.6) is 0 Å². The van der Waals surface area contributed by atoms with E-state index in [9.17, 15) is 0 Å². The van der Waals surface area contributed by atoms with Crippen molar-refractivity contribution in [3.63, 3.8) is 0 Å². The van der Waals surface area contributed by atoms with E-state index in [1.807, 2.05) is 0 Å². The van der Waals surface area contributed by atoms with Gasteiger partial charge in [0, 0.05) is 5.41 Å². The molecule has 0 unspecified atom stereocenters. The third-order valence-corrected chi connectivity index (χ3v) is 1.80. The monoisotopic (exact) mass is 203 g/mol. The fraction of sp³-hybridized carbons (Fsp3) is 0.571. The normalized spacial score (nSPS) is 12.0. The van der Waals surface area contributed by atoms with Crippen LogP contribution in [0.2, 0.25) is 0 Å². The van der Waals surface area contributed by atoms with Gasteiger partial charge in [-0.25, -0.2) is 4.98 Å².